The lowest BCUT2D eigenvalue weighted by Gasteiger charge is -2.29. The van der Waals surface area contributed by atoms with Gasteiger partial charge < -0.3 is 5.32 Å². The highest BCUT2D eigenvalue weighted by Crippen LogP contribution is 2.45. The van der Waals surface area contributed by atoms with Crippen molar-refractivity contribution < 1.29 is 0 Å². The molecule has 1 saturated carbocycles. The number of hydrogen-bond acceptors (Lipinski definition) is 2. The summed E-state index contributed by atoms with van der Waals surface area (Å²) >= 11 is 1.96. The molecule has 21 heavy (non-hydrogen) atoms. The normalized spacial score (nSPS) is 17.8. The van der Waals surface area contributed by atoms with Gasteiger partial charge in [0.2, 0.25) is 0 Å². The van der Waals surface area contributed by atoms with Gasteiger partial charge in [0.25, 0.3) is 0 Å². The average Bonchev–Trinajstić information content (AvgIpc) is 3.00. The Hall–Kier alpha value is -0.340. The van der Waals surface area contributed by atoms with Crippen LogP contribution in [0.1, 0.15) is 67.7 Å². The fourth-order valence-electron chi connectivity index (χ4n) is 3.83. The van der Waals surface area contributed by atoms with Crippen LogP contribution in [0, 0.1) is 25.2 Å². The third kappa shape index (κ3) is 5.10. The smallest absolute Gasteiger partial charge is 0.00490 e. The number of thiophene rings is 1. The van der Waals surface area contributed by atoms with Crippen LogP contribution >= 0.6 is 11.3 Å². The van der Waals surface area contributed by atoms with E-state index in [0.717, 1.165) is 5.92 Å². The molecular weight excluding hydrogens is 274 g/mol. The van der Waals surface area contributed by atoms with E-state index in [0.29, 0.717) is 5.41 Å². The molecule has 1 aliphatic rings. The van der Waals surface area contributed by atoms with Crippen molar-refractivity contribution in [1.29, 1.82) is 0 Å². The molecule has 0 amide bonds. The zero-order valence-electron chi connectivity index (χ0n) is 14.4. The first-order valence-corrected chi connectivity index (χ1v) is 9.59. The molecule has 1 aromatic heterocycles. The van der Waals surface area contributed by atoms with E-state index in [1.807, 2.05) is 11.3 Å². The zero-order valence-corrected chi connectivity index (χ0v) is 15.2. The lowest BCUT2D eigenvalue weighted by Crippen LogP contribution is -2.27. The second kappa shape index (κ2) is 7.78. The fourth-order valence-corrected chi connectivity index (χ4v) is 4.80. The van der Waals surface area contributed by atoms with Gasteiger partial charge in [-0.3, -0.25) is 0 Å². The molecule has 0 unspecified atom stereocenters. The Morgan fingerprint density at radius 2 is 1.90 bits per heavy atom. The van der Waals surface area contributed by atoms with Gasteiger partial charge in [-0.1, -0.05) is 26.7 Å². The van der Waals surface area contributed by atoms with Crippen molar-refractivity contribution in [1.82, 2.24) is 5.32 Å². The molecule has 1 aromatic rings. The predicted molar refractivity (Wildman–Crippen MR) is 95.3 cm³/mol. The summed E-state index contributed by atoms with van der Waals surface area (Å²) in [6.45, 7) is 11.5. The van der Waals surface area contributed by atoms with Gasteiger partial charge in [0, 0.05) is 9.75 Å². The average molecular weight is 308 g/mol. The Morgan fingerprint density at radius 1 is 1.19 bits per heavy atom. The third-order valence-corrected chi connectivity index (χ3v) is 6.13. The van der Waals surface area contributed by atoms with E-state index < -0.39 is 0 Å². The maximum atomic E-state index is 3.65. The van der Waals surface area contributed by atoms with Crippen molar-refractivity contribution in [3.8, 4) is 0 Å². The van der Waals surface area contributed by atoms with E-state index in [-0.39, 0.29) is 0 Å². The number of nitrogens with one attached hydrogen (secondary N) is 1. The van der Waals surface area contributed by atoms with Crippen molar-refractivity contribution in [3.63, 3.8) is 0 Å². The number of aryl methyl sites for hydroxylation is 3. The van der Waals surface area contributed by atoms with E-state index in [1.165, 1.54) is 62.9 Å². The van der Waals surface area contributed by atoms with Gasteiger partial charge in [-0.25, -0.2) is 0 Å². The summed E-state index contributed by atoms with van der Waals surface area (Å²) < 4.78 is 0. The van der Waals surface area contributed by atoms with E-state index in [1.54, 1.807) is 10.4 Å². The van der Waals surface area contributed by atoms with Gasteiger partial charge in [0.1, 0.15) is 0 Å². The second-order valence-electron chi connectivity index (χ2n) is 7.49. The summed E-state index contributed by atoms with van der Waals surface area (Å²) in [5, 5.41) is 3.65. The lowest BCUT2D eigenvalue weighted by atomic mass is 9.77. The molecule has 1 N–H and O–H groups in total. The van der Waals surface area contributed by atoms with E-state index in [4.69, 9.17) is 0 Å². The van der Waals surface area contributed by atoms with Gasteiger partial charge in [-0.2, -0.15) is 0 Å². The summed E-state index contributed by atoms with van der Waals surface area (Å²) in [5.74, 6) is 0.765. The molecule has 0 saturated heterocycles. The van der Waals surface area contributed by atoms with Crippen LogP contribution < -0.4 is 5.32 Å². The van der Waals surface area contributed by atoms with Crippen molar-refractivity contribution in [3.05, 3.63) is 21.4 Å². The molecule has 0 atom stereocenters. The molecule has 1 heterocycles. The molecule has 0 radical (unpaired) electrons. The summed E-state index contributed by atoms with van der Waals surface area (Å²) in [4.78, 5) is 3.01. The maximum Gasteiger partial charge on any atom is 0.00490 e. The Labute approximate surface area is 135 Å². The Morgan fingerprint density at radius 3 is 2.48 bits per heavy atom. The molecule has 0 aromatic carbocycles. The number of hydrogen-bond donors (Lipinski definition) is 1. The molecule has 2 rings (SSSR count). The molecule has 120 valence electrons. The largest absolute Gasteiger partial charge is 0.316 e. The van der Waals surface area contributed by atoms with Gasteiger partial charge >= 0.3 is 0 Å². The van der Waals surface area contributed by atoms with Gasteiger partial charge in [0.15, 0.2) is 0 Å². The first-order valence-electron chi connectivity index (χ1n) is 8.77. The summed E-state index contributed by atoms with van der Waals surface area (Å²) in [5.41, 5.74) is 2.24. The van der Waals surface area contributed by atoms with Crippen LogP contribution in [0.3, 0.4) is 0 Å². The quantitative estimate of drug-likeness (QED) is 0.626. The van der Waals surface area contributed by atoms with Gasteiger partial charge in [-0.05, 0) is 82.0 Å². The highest BCUT2D eigenvalue weighted by atomic mass is 32.1. The highest BCUT2D eigenvalue weighted by Gasteiger charge is 2.32. The fraction of sp³-hybridized carbons (Fsp3) is 0.789. The van der Waals surface area contributed by atoms with E-state index in [9.17, 15) is 0 Å². The molecule has 0 bridgehead atoms. The van der Waals surface area contributed by atoms with E-state index in [2.05, 4.69) is 39.1 Å². The Bertz CT molecular complexity index is 427. The second-order valence-corrected chi connectivity index (χ2v) is 8.95. The van der Waals surface area contributed by atoms with Crippen LogP contribution in [0.15, 0.2) is 6.07 Å². The van der Waals surface area contributed by atoms with Crippen LogP contribution in [0.4, 0.5) is 0 Å². The monoisotopic (exact) mass is 307 g/mol. The first-order chi connectivity index (χ1) is 10.0. The SMILES string of the molecule is Cc1cc(CCC2(CCNCC(C)C)CCCC2)c(C)s1. The summed E-state index contributed by atoms with van der Waals surface area (Å²) in [6.07, 6.45) is 9.88. The van der Waals surface area contributed by atoms with Crippen LogP contribution in [0.25, 0.3) is 0 Å². The molecule has 1 aliphatic carbocycles. The van der Waals surface area contributed by atoms with Crippen LogP contribution in [-0.4, -0.2) is 13.1 Å². The van der Waals surface area contributed by atoms with Gasteiger partial charge in [0.05, 0.1) is 0 Å². The Kier molecular flexibility index (Phi) is 6.31. The summed E-state index contributed by atoms with van der Waals surface area (Å²) in [6, 6.07) is 2.42. The lowest BCUT2D eigenvalue weighted by molar-refractivity contribution is 0.244. The third-order valence-electron chi connectivity index (χ3n) is 5.12. The minimum atomic E-state index is 0.631. The molecular formula is C19H33NS. The van der Waals surface area contributed by atoms with Crippen molar-refractivity contribution >= 4 is 11.3 Å². The zero-order chi connectivity index (χ0) is 15.3. The number of rotatable bonds is 8. The van der Waals surface area contributed by atoms with Crippen molar-refractivity contribution in [2.24, 2.45) is 11.3 Å². The molecule has 2 heteroatoms. The molecule has 0 aliphatic heterocycles. The van der Waals surface area contributed by atoms with Crippen LogP contribution in [-0.2, 0) is 6.42 Å². The standard InChI is InChI=1S/C19H33NS/c1-15(2)14-20-12-11-19(8-5-6-9-19)10-7-18-13-16(3)21-17(18)4/h13,15,20H,5-12,14H2,1-4H3. The minimum absolute atomic E-state index is 0.631. The van der Waals surface area contributed by atoms with Crippen LogP contribution in [0.2, 0.25) is 0 Å². The Balaban J connectivity index is 1.84. The molecule has 0 spiro atoms. The van der Waals surface area contributed by atoms with Crippen LogP contribution in [0.5, 0.6) is 0 Å². The predicted octanol–water partition coefficient (Wildman–Crippen LogP) is 5.49. The van der Waals surface area contributed by atoms with E-state index >= 15 is 0 Å². The maximum absolute atomic E-state index is 3.65. The summed E-state index contributed by atoms with van der Waals surface area (Å²) in [7, 11) is 0. The minimum Gasteiger partial charge on any atom is -0.316 e. The molecule has 1 fully saturated rings. The first kappa shape index (κ1) is 17.0. The molecule has 1 nitrogen and oxygen atoms in total. The topological polar surface area (TPSA) is 12.0 Å². The van der Waals surface area contributed by atoms with Gasteiger partial charge in [-0.15, -0.1) is 11.3 Å². The highest BCUT2D eigenvalue weighted by molar-refractivity contribution is 7.12. The van der Waals surface area contributed by atoms with Crippen molar-refractivity contribution in [2.75, 3.05) is 13.1 Å². The van der Waals surface area contributed by atoms with Crippen molar-refractivity contribution in [2.45, 2.75) is 72.6 Å².